The fourth-order valence-electron chi connectivity index (χ4n) is 2.50. The maximum atomic E-state index is 9.48. The van der Waals surface area contributed by atoms with Crippen LogP contribution in [-0.4, -0.2) is 35.5 Å². The molecular weight excluding hydrogens is 226 g/mol. The summed E-state index contributed by atoms with van der Waals surface area (Å²) in [6.07, 6.45) is 0.0647. The summed E-state index contributed by atoms with van der Waals surface area (Å²) in [7, 11) is 0. The molecule has 3 heteroatoms. The van der Waals surface area contributed by atoms with Crippen molar-refractivity contribution in [3.8, 4) is 0 Å². The van der Waals surface area contributed by atoms with Crippen LogP contribution < -0.4 is 0 Å². The van der Waals surface area contributed by atoms with E-state index in [0.717, 1.165) is 6.54 Å². The smallest absolute Gasteiger partial charge is 0.116 e. The lowest BCUT2D eigenvalue weighted by atomic mass is 9.93. The van der Waals surface area contributed by atoms with E-state index in [4.69, 9.17) is 4.74 Å². The monoisotopic (exact) mass is 249 g/mol. The van der Waals surface area contributed by atoms with Crippen molar-refractivity contribution in [2.24, 2.45) is 5.41 Å². The van der Waals surface area contributed by atoms with Crippen LogP contribution in [0.25, 0.3) is 0 Å². The quantitative estimate of drug-likeness (QED) is 0.892. The molecule has 1 heterocycles. The van der Waals surface area contributed by atoms with E-state index in [1.807, 2.05) is 18.2 Å². The zero-order valence-corrected chi connectivity index (χ0v) is 11.5. The van der Waals surface area contributed by atoms with Gasteiger partial charge in [-0.05, 0) is 5.56 Å². The second kappa shape index (κ2) is 5.39. The number of hydrogen-bond acceptors (Lipinski definition) is 3. The van der Waals surface area contributed by atoms with Gasteiger partial charge in [0.05, 0.1) is 19.3 Å². The van der Waals surface area contributed by atoms with Crippen molar-refractivity contribution in [2.45, 2.75) is 39.6 Å². The predicted molar refractivity (Wildman–Crippen MR) is 72.1 cm³/mol. The highest BCUT2D eigenvalue weighted by molar-refractivity contribution is 5.15. The summed E-state index contributed by atoms with van der Waals surface area (Å²) in [6, 6.07) is 10.5. The molecule has 1 aromatic rings. The van der Waals surface area contributed by atoms with Crippen molar-refractivity contribution in [1.29, 1.82) is 0 Å². The number of benzene rings is 1. The van der Waals surface area contributed by atoms with Gasteiger partial charge in [0.2, 0.25) is 0 Å². The standard InChI is InChI=1S/C15H23NO2/c1-15(2,3)14-16(13(10-17)11-18-14)9-12-7-5-4-6-8-12/h4-8,13-14,17H,9-11H2,1-3H3/t13-,14-/m1/s1. The molecule has 0 radical (unpaired) electrons. The van der Waals surface area contributed by atoms with E-state index in [1.165, 1.54) is 5.56 Å². The first-order valence-corrected chi connectivity index (χ1v) is 6.54. The van der Waals surface area contributed by atoms with Crippen LogP contribution >= 0.6 is 0 Å². The summed E-state index contributed by atoms with van der Waals surface area (Å²) >= 11 is 0. The van der Waals surface area contributed by atoms with E-state index in [2.05, 4.69) is 37.8 Å². The SMILES string of the molecule is CC(C)(C)[C@H]1OC[C@@H](CO)N1Cc1ccccc1. The average Bonchev–Trinajstić information content (AvgIpc) is 2.73. The van der Waals surface area contributed by atoms with Gasteiger partial charge in [0.1, 0.15) is 6.23 Å². The van der Waals surface area contributed by atoms with Gasteiger partial charge >= 0.3 is 0 Å². The summed E-state index contributed by atoms with van der Waals surface area (Å²) in [4.78, 5) is 2.27. The molecule has 18 heavy (non-hydrogen) atoms. The Balaban J connectivity index is 2.15. The molecule has 0 aromatic heterocycles. The van der Waals surface area contributed by atoms with Gasteiger partial charge < -0.3 is 9.84 Å². The molecule has 0 bridgehead atoms. The number of rotatable bonds is 3. The third-order valence-electron chi connectivity index (χ3n) is 3.38. The topological polar surface area (TPSA) is 32.7 Å². The molecule has 1 N–H and O–H groups in total. The van der Waals surface area contributed by atoms with E-state index in [9.17, 15) is 5.11 Å². The largest absolute Gasteiger partial charge is 0.395 e. The van der Waals surface area contributed by atoms with Gasteiger partial charge in [-0.3, -0.25) is 4.90 Å². The molecule has 1 aliphatic heterocycles. The molecule has 0 amide bonds. The van der Waals surface area contributed by atoms with E-state index in [0.29, 0.717) is 6.61 Å². The first kappa shape index (κ1) is 13.5. The zero-order valence-electron chi connectivity index (χ0n) is 11.5. The van der Waals surface area contributed by atoms with Crippen LogP contribution in [0.5, 0.6) is 0 Å². The van der Waals surface area contributed by atoms with E-state index in [1.54, 1.807) is 0 Å². The van der Waals surface area contributed by atoms with Gasteiger partial charge in [-0.1, -0.05) is 51.1 Å². The molecule has 2 rings (SSSR count). The Morgan fingerprint density at radius 3 is 2.50 bits per heavy atom. The van der Waals surface area contributed by atoms with Gasteiger partial charge in [-0.2, -0.15) is 0 Å². The minimum atomic E-state index is 0.0543. The van der Waals surface area contributed by atoms with E-state index >= 15 is 0 Å². The summed E-state index contributed by atoms with van der Waals surface area (Å²) in [5.74, 6) is 0. The number of aliphatic hydroxyl groups is 1. The van der Waals surface area contributed by atoms with Crippen molar-refractivity contribution in [3.63, 3.8) is 0 Å². The molecular formula is C15H23NO2. The molecule has 1 saturated heterocycles. The second-order valence-corrected chi connectivity index (χ2v) is 6.05. The van der Waals surface area contributed by atoms with Crippen molar-refractivity contribution < 1.29 is 9.84 Å². The first-order chi connectivity index (χ1) is 8.52. The van der Waals surface area contributed by atoms with Gasteiger partial charge in [-0.15, -0.1) is 0 Å². The van der Waals surface area contributed by atoms with Gasteiger partial charge in [-0.25, -0.2) is 0 Å². The Morgan fingerprint density at radius 2 is 1.94 bits per heavy atom. The number of nitrogens with zero attached hydrogens (tertiary/aromatic N) is 1. The third-order valence-corrected chi connectivity index (χ3v) is 3.38. The Bertz CT molecular complexity index is 372. The van der Waals surface area contributed by atoms with Gasteiger partial charge in [0.25, 0.3) is 0 Å². The lowest BCUT2D eigenvalue weighted by Gasteiger charge is -2.35. The highest BCUT2D eigenvalue weighted by Crippen LogP contribution is 2.32. The molecule has 1 aliphatic rings. The Labute approximate surface area is 109 Å². The normalized spacial score (nSPS) is 25.6. The Morgan fingerprint density at radius 1 is 1.28 bits per heavy atom. The third kappa shape index (κ3) is 2.91. The molecule has 3 nitrogen and oxygen atoms in total. The van der Waals surface area contributed by atoms with Crippen LogP contribution in [0.3, 0.4) is 0 Å². The maximum Gasteiger partial charge on any atom is 0.116 e. The molecule has 2 atom stereocenters. The fraction of sp³-hybridized carbons (Fsp3) is 0.600. The van der Waals surface area contributed by atoms with Crippen LogP contribution in [0.15, 0.2) is 30.3 Å². The van der Waals surface area contributed by atoms with Crippen molar-refractivity contribution in [1.82, 2.24) is 4.90 Å². The van der Waals surface area contributed by atoms with Crippen LogP contribution in [0, 0.1) is 5.41 Å². The minimum absolute atomic E-state index is 0.0543. The van der Waals surface area contributed by atoms with Crippen LogP contribution in [0.2, 0.25) is 0 Å². The average molecular weight is 249 g/mol. The predicted octanol–water partition coefficient (Wildman–Crippen LogP) is 2.25. The van der Waals surface area contributed by atoms with Gasteiger partial charge in [0.15, 0.2) is 0 Å². The number of hydrogen-bond donors (Lipinski definition) is 1. The number of aliphatic hydroxyl groups excluding tert-OH is 1. The van der Waals surface area contributed by atoms with Crippen molar-refractivity contribution >= 4 is 0 Å². The van der Waals surface area contributed by atoms with Crippen molar-refractivity contribution in [3.05, 3.63) is 35.9 Å². The van der Waals surface area contributed by atoms with Crippen LogP contribution in [0.1, 0.15) is 26.3 Å². The summed E-state index contributed by atoms with van der Waals surface area (Å²) < 4.78 is 5.87. The minimum Gasteiger partial charge on any atom is -0.395 e. The van der Waals surface area contributed by atoms with E-state index < -0.39 is 0 Å². The zero-order chi connectivity index (χ0) is 13.2. The molecule has 0 saturated carbocycles. The van der Waals surface area contributed by atoms with E-state index in [-0.39, 0.29) is 24.3 Å². The fourth-order valence-corrected chi connectivity index (χ4v) is 2.50. The highest BCUT2D eigenvalue weighted by Gasteiger charge is 2.40. The molecule has 1 fully saturated rings. The maximum absolute atomic E-state index is 9.48. The first-order valence-electron chi connectivity index (χ1n) is 6.54. The lowest BCUT2D eigenvalue weighted by Crippen LogP contribution is -2.44. The molecule has 0 spiro atoms. The molecule has 0 unspecified atom stereocenters. The Hall–Kier alpha value is -0.900. The second-order valence-electron chi connectivity index (χ2n) is 6.05. The van der Waals surface area contributed by atoms with Gasteiger partial charge in [0, 0.05) is 12.0 Å². The number of ether oxygens (including phenoxy) is 1. The Kier molecular flexibility index (Phi) is 4.05. The molecule has 100 valence electrons. The van der Waals surface area contributed by atoms with Crippen LogP contribution in [-0.2, 0) is 11.3 Å². The molecule has 0 aliphatic carbocycles. The van der Waals surface area contributed by atoms with Crippen molar-refractivity contribution in [2.75, 3.05) is 13.2 Å². The highest BCUT2D eigenvalue weighted by atomic mass is 16.5. The molecule has 1 aromatic carbocycles. The summed E-state index contributed by atoms with van der Waals surface area (Å²) in [5, 5.41) is 9.48. The summed E-state index contributed by atoms with van der Waals surface area (Å²) in [5.41, 5.74) is 1.31. The summed E-state index contributed by atoms with van der Waals surface area (Å²) in [6.45, 7) is 8.12. The lowest BCUT2D eigenvalue weighted by molar-refractivity contribution is -0.0540. The van der Waals surface area contributed by atoms with Crippen LogP contribution in [0.4, 0.5) is 0 Å².